The van der Waals surface area contributed by atoms with Crippen molar-refractivity contribution >= 4 is 8.32 Å². The number of benzene rings is 1. The normalized spacial score (nSPS) is 13.7. The van der Waals surface area contributed by atoms with Crippen LogP contribution >= 0.6 is 0 Å². The van der Waals surface area contributed by atoms with E-state index in [9.17, 15) is 5.26 Å². The summed E-state index contributed by atoms with van der Waals surface area (Å²) in [5.41, 5.74) is 0.883. The Morgan fingerprint density at radius 3 is 2.05 bits per heavy atom. The molecule has 104 valence electrons. The average molecular weight is 277 g/mol. The molecule has 0 spiro atoms. The van der Waals surface area contributed by atoms with Crippen LogP contribution in [-0.4, -0.2) is 15.4 Å². The average Bonchev–Trinajstić information content (AvgIpc) is 2.35. The van der Waals surface area contributed by atoms with Gasteiger partial charge in [0.15, 0.2) is 14.4 Å². The maximum Gasteiger partial charge on any atom is 0.194 e. The van der Waals surface area contributed by atoms with E-state index in [0.29, 0.717) is 0 Å². The van der Waals surface area contributed by atoms with Crippen LogP contribution in [0.15, 0.2) is 24.3 Å². The van der Waals surface area contributed by atoms with E-state index in [1.807, 2.05) is 24.3 Å². The van der Waals surface area contributed by atoms with Crippen LogP contribution < -0.4 is 4.74 Å². The Bertz CT molecular complexity index is 455. The predicted molar refractivity (Wildman–Crippen MR) is 79.6 cm³/mol. The highest BCUT2D eigenvalue weighted by molar-refractivity contribution is 6.74. The third-order valence-electron chi connectivity index (χ3n) is 3.75. The largest absolute Gasteiger partial charge is 0.497 e. The first-order valence-electron chi connectivity index (χ1n) is 6.42. The fraction of sp³-hybridized carbons (Fsp3) is 0.533. The number of methoxy groups -OCH3 is 1. The Labute approximate surface area is 117 Å². The maximum atomic E-state index is 9.35. The number of nitriles is 1. The van der Waals surface area contributed by atoms with Crippen molar-refractivity contribution in [1.82, 2.24) is 0 Å². The summed E-state index contributed by atoms with van der Waals surface area (Å²) < 4.78 is 11.3. The molecule has 0 saturated heterocycles. The second kappa shape index (κ2) is 5.77. The summed E-state index contributed by atoms with van der Waals surface area (Å²) in [5, 5.41) is 9.44. The van der Waals surface area contributed by atoms with Crippen molar-refractivity contribution in [3.63, 3.8) is 0 Å². The molecule has 0 aliphatic heterocycles. The van der Waals surface area contributed by atoms with Gasteiger partial charge in [0.2, 0.25) is 0 Å². The molecule has 3 nitrogen and oxygen atoms in total. The molecule has 0 aromatic heterocycles. The van der Waals surface area contributed by atoms with Crippen LogP contribution in [-0.2, 0) is 4.43 Å². The van der Waals surface area contributed by atoms with Crippen LogP contribution in [0, 0.1) is 11.3 Å². The van der Waals surface area contributed by atoms with Gasteiger partial charge in [0.1, 0.15) is 5.75 Å². The van der Waals surface area contributed by atoms with Crippen molar-refractivity contribution < 1.29 is 9.16 Å². The van der Waals surface area contributed by atoms with Crippen molar-refractivity contribution in [2.45, 2.75) is 45.0 Å². The van der Waals surface area contributed by atoms with Crippen LogP contribution in [0.25, 0.3) is 0 Å². The van der Waals surface area contributed by atoms with Gasteiger partial charge in [-0.2, -0.15) is 5.26 Å². The SMILES string of the molecule is COc1ccc([C@@H](C#N)O[Si](C)(C)C(C)(C)C)cc1. The molecule has 0 heterocycles. The van der Waals surface area contributed by atoms with Gasteiger partial charge >= 0.3 is 0 Å². The van der Waals surface area contributed by atoms with Gasteiger partial charge in [-0.3, -0.25) is 0 Å². The summed E-state index contributed by atoms with van der Waals surface area (Å²) in [6.07, 6.45) is -0.508. The van der Waals surface area contributed by atoms with Crippen molar-refractivity contribution in [2.75, 3.05) is 7.11 Å². The van der Waals surface area contributed by atoms with Gasteiger partial charge in [-0.25, -0.2) is 0 Å². The molecule has 0 fully saturated rings. The van der Waals surface area contributed by atoms with Crippen LogP contribution in [0.4, 0.5) is 0 Å². The molecule has 4 heteroatoms. The lowest BCUT2D eigenvalue weighted by Gasteiger charge is -2.37. The zero-order valence-corrected chi connectivity index (χ0v) is 13.7. The van der Waals surface area contributed by atoms with Gasteiger partial charge in [0.05, 0.1) is 13.2 Å². The number of nitrogens with zero attached hydrogens (tertiary/aromatic N) is 1. The van der Waals surface area contributed by atoms with E-state index < -0.39 is 14.4 Å². The van der Waals surface area contributed by atoms with Crippen molar-refractivity contribution in [1.29, 1.82) is 5.26 Å². The molecule has 1 rings (SSSR count). The molecule has 0 amide bonds. The molecule has 19 heavy (non-hydrogen) atoms. The molecule has 1 atom stereocenters. The Morgan fingerprint density at radius 1 is 1.16 bits per heavy atom. The van der Waals surface area contributed by atoms with Gasteiger partial charge in [-0.1, -0.05) is 32.9 Å². The lowest BCUT2D eigenvalue weighted by Crippen LogP contribution is -2.41. The van der Waals surface area contributed by atoms with Gasteiger partial charge in [-0.05, 0) is 35.8 Å². The minimum Gasteiger partial charge on any atom is -0.497 e. The van der Waals surface area contributed by atoms with E-state index in [2.05, 4.69) is 39.9 Å². The number of hydrogen-bond donors (Lipinski definition) is 0. The van der Waals surface area contributed by atoms with Gasteiger partial charge in [-0.15, -0.1) is 0 Å². The second-order valence-corrected chi connectivity index (χ2v) is 10.9. The minimum atomic E-state index is -1.95. The first-order valence-corrected chi connectivity index (χ1v) is 9.33. The third-order valence-corrected chi connectivity index (χ3v) is 8.19. The zero-order valence-electron chi connectivity index (χ0n) is 12.7. The summed E-state index contributed by atoms with van der Waals surface area (Å²) >= 11 is 0. The summed E-state index contributed by atoms with van der Waals surface area (Å²) in [5.74, 6) is 0.785. The molecular weight excluding hydrogens is 254 g/mol. The maximum absolute atomic E-state index is 9.35. The highest BCUT2D eigenvalue weighted by Gasteiger charge is 2.39. The monoisotopic (exact) mass is 277 g/mol. The molecule has 1 aromatic carbocycles. The van der Waals surface area contributed by atoms with E-state index in [-0.39, 0.29) is 5.04 Å². The summed E-state index contributed by atoms with van der Waals surface area (Å²) in [6.45, 7) is 10.8. The van der Waals surface area contributed by atoms with E-state index in [1.165, 1.54) is 0 Å². The van der Waals surface area contributed by atoms with Gasteiger partial charge in [0, 0.05) is 0 Å². The summed E-state index contributed by atoms with van der Waals surface area (Å²) in [7, 11) is -0.320. The second-order valence-electron chi connectivity index (χ2n) is 6.16. The van der Waals surface area contributed by atoms with E-state index >= 15 is 0 Å². The number of rotatable bonds is 4. The number of ether oxygens (including phenoxy) is 1. The molecule has 0 N–H and O–H groups in total. The summed E-state index contributed by atoms with van der Waals surface area (Å²) in [4.78, 5) is 0. The Kier molecular flexibility index (Phi) is 4.78. The molecule has 0 unspecified atom stereocenters. The van der Waals surface area contributed by atoms with E-state index in [1.54, 1.807) is 7.11 Å². The van der Waals surface area contributed by atoms with Crippen LogP contribution in [0.3, 0.4) is 0 Å². The molecule has 0 bridgehead atoms. The molecule has 0 aliphatic carbocycles. The van der Waals surface area contributed by atoms with Crippen molar-refractivity contribution in [2.24, 2.45) is 0 Å². The topological polar surface area (TPSA) is 42.2 Å². The molecule has 0 aliphatic rings. The molecular formula is C15H23NO2Si. The van der Waals surface area contributed by atoms with Crippen molar-refractivity contribution in [3.05, 3.63) is 29.8 Å². The molecule has 1 aromatic rings. The quantitative estimate of drug-likeness (QED) is 0.771. The van der Waals surface area contributed by atoms with Gasteiger partial charge in [0.25, 0.3) is 0 Å². The zero-order chi connectivity index (χ0) is 14.7. The fourth-order valence-electron chi connectivity index (χ4n) is 1.42. The first-order chi connectivity index (χ1) is 8.71. The predicted octanol–water partition coefficient (Wildman–Crippen LogP) is 4.28. The summed E-state index contributed by atoms with van der Waals surface area (Å²) in [6, 6.07) is 9.74. The highest BCUT2D eigenvalue weighted by atomic mass is 28.4. The Morgan fingerprint density at radius 2 is 1.68 bits per heavy atom. The lowest BCUT2D eigenvalue weighted by atomic mass is 10.1. The van der Waals surface area contributed by atoms with Crippen LogP contribution in [0.2, 0.25) is 18.1 Å². The third kappa shape index (κ3) is 3.82. The van der Waals surface area contributed by atoms with Crippen molar-refractivity contribution in [3.8, 4) is 11.8 Å². The van der Waals surface area contributed by atoms with E-state index in [0.717, 1.165) is 11.3 Å². The fourth-order valence-corrected chi connectivity index (χ4v) is 2.55. The van der Waals surface area contributed by atoms with Crippen LogP contribution in [0.5, 0.6) is 5.75 Å². The smallest absolute Gasteiger partial charge is 0.194 e. The first kappa shape index (κ1) is 15.7. The Hall–Kier alpha value is -1.31. The molecule has 0 radical (unpaired) electrons. The molecule has 0 saturated carbocycles. The lowest BCUT2D eigenvalue weighted by molar-refractivity contribution is 0.236. The standard InChI is InChI=1S/C15H23NO2Si/c1-15(2,3)19(5,6)18-14(11-16)12-7-9-13(17-4)10-8-12/h7-10,14H,1-6H3/t14-/m1/s1. The Balaban J connectivity index is 2.93. The highest BCUT2D eigenvalue weighted by Crippen LogP contribution is 2.39. The van der Waals surface area contributed by atoms with Crippen LogP contribution in [0.1, 0.15) is 32.4 Å². The van der Waals surface area contributed by atoms with E-state index in [4.69, 9.17) is 9.16 Å². The minimum absolute atomic E-state index is 0.0918. The van der Waals surface area contributed by atoms with Gasteiger partial charge < -0.3 is 9.16 Å². The number of hydrogen-bond acceptors (Lipinski definition) is 3.